The fourth-order valence-corrected chi connectivity index (χ4v) is 2.30. The number of hydrogen-bond donors (Lipinski definition) is 1. The first kappa shape index (κ1) is 15.3. The normalized spacial score (nSPS) is 10.8. The van der Waals surface area contributed by atoms with Gasteiger partial charge in [-0.2, -0.15) is 0 Å². The van der Waals surface area contributed by atoms with Crippen LogP contribution >= 0.6 is 15.9 Å². The molecule has 18 heavy (non-hydrogen) atoms. The van der Waals surface area contributed by atoms with E-state index in [-0.39, 0.29) is 6.61 Å². The number of benzene rings is 1. The monoisotopic (exact) mass is 317 g/mol. The van der Waals surface area contributed by atoms with Crippen molar-refractivity contribution in [3.8, 4) is 11.5 Å². The van der Waals surface area contributed by atoms with E-state index < -0.39 is 0 Å². The van der Waals surface area contributed by atoms with Crippen molar-refractivity contribution in [1.82, 2.24) is 4.90 Å². The van der Waals surface area contributed by atoms with Gasteiger partial charge in [-0.05, 0) is 12.6 Å². The Hall–Kier alpha value is -0.780. The molecule has 1 aromatic rings. The molecule has 4 nitrogen and oxygen atoms in total. The number of ether oxygens (including phenoxy) is 2. The van der Waals surface area contributed by atoms with Crippen LogP contribution in [0.25, 0.3) is 0 Å². The third kappa shape index (κ3) is 3.86. The van der Waals surface area contributed by atoms with Crippen LogP contribution in [0, 0.1) is 0 Å². The molecule has 0 saturated heterocycles. The zero-order valence-corrected chi connectivity index (χ0v) is 12.7. The minimum atomic E-state index is 0.157. The van der Waals surface area contributed by atoms with Gasteiger partial charge in [0.2, 0.25) is 0 Å². The van der Waals surface area contributed by atoms with Crippen LogP contribution in [0.5, 0.6) is 11.5 Å². The minimum Gasteiger partial charge on any atom is -0.497 e. The predicted molar refractivity (Wildman–Crippen MR) is 75.3 cm³/mol. The van der Waals surface area contributed by atoms with E-state index >= 15 is 0 Å². The molecular weight excluding hydrogens is 298 g/mol. The number of aliphatic hydroxyl groups is 1. The van der Waals surface area contributed by atoms with Gasteiger partial charge >= 0.3 is 0 Å². The number of likely N-dealkylation sites (N-methyl/N-ethyl adjacent to an activating group) is 1. The average molecular weight is 318 g/mol. The SMILES string of the molecule is CCN(CCO)Cc1c(Br)cc(OC)cc1OC. The summed E-state index contributed by atoms with van der Waals surface area (Å²) in [6.45, 7) is 4.48. The van der Waals surface area contributed by atoms with Gasteiger partial charge in [0.1, 0.15) is 11.5 Å². The Morgan fingerprint density at radius 3 is 2.50 bits per heavy atom. The molecule has 0 bridgehead atoms. The van der Waals surface area contributed by atoms with Gasteiger partial charge in [-0.15, -0.1) is 0 Å². The molecule has 0 fully saturated rings. The van der Waals surface area contributed by atoms with Crippen molar-refractivity contribution < 1.29 is 14.6 Å². The smallest absolute Gasteiger partial charge is 0.128 e. The summed E-state index contributed by atoms with van der Waals surface area (Å²) in [6, 6.07) is 3.79. The summed E-state index contributed by atoms with van der Waals surface area (Å²) in [5.41, 5.74) is 1.06. The summed E-state index contributed by atoms with van der Waals surface area (Å²) in [5.74, 6) is 1.55. The standard InChI is InChI=1S/C13H20BrNO3/c1-4-15(5-6-16)9-11-12(14)7-10(17-2)8-13(11)18-3/h7-8,16H,4-6,9H2,1-3H3. The Morgan fingerprint density at radius 2 is 2.00 bits per heavy atom. The second-order valence-electron chi connectivity index (χ2n) is 3.88. The first-order chi connectivity index (χ1) is 8.65. The van der Waals surface area contributed by atoms with Crippen LogP contribution in [0.3, 0.4) is 0 Å². The third-order valence-corrected chi connectivity index (χ3v) is 3.54. The van der Waals surface area contributed by atoms with Gasteiger partial charge in [0.05, 0.1) is 20.8 Å². The van der Waals surface area contributed by atoms with E-state index in [4.69, 9.17) is 14.6 Å². The quantitative estimate of drug-likeness (QED) is 0.837. The highest BCUT2D eigenvalue weighted by molar-refractivity contribution is 9.10. The predicted octanol–water partition coefficient (Wildman–Crippen LogP) is 2.28. The lowest BCUT2D eigenvalue weighted by Gasteiger charge is -2.22. The van der Waals surface area contributed by atoms with E-state index in [0.29, 0.717) is 6.54 Å². The third-order valence-electron chi connectivity index (χ3n) is 2.83. The van der Waals surface area contributed by atoms with E-state index in [1.54, 1.807) is 14.2 Å². The first-order valence-corrected chi connectivity index (χ1v) is 6.69. The Labute approximate surface area is 117 Å². The molecule has 102 valence electrons. The lowest BCUT2D eigenvalue weighted by Crippen LogP contribution is -2.26. The van der Waals surface area contributed by atoms with Gasteiger partial charge in [0.25, 0.3) is 0 Å². The number of nitrogens with zero attached hydrogens (tertiary/aromatic N) is 1. The van der Waals surface area contributed by atoms with Crippen LogP contribution in [0.4, 0.5) is 0 Å². The fraction of sp³-hybridized carbons (Fsp3) is 0.538. The van der Waals surface area contributed by atoms with Crippen molar-refractivity contribution in [3.63, 3.8) is 0 Å². The molecule has 0 amide bonds. The number of halogens is 1. The van der Waals surface area contributed by atoms with Crippen LogP contribution < -0.4 is 9.47 Å². The zero-order chi connectivity index (χ0) is 13.5. The zero-order valence-electron chi connectivity index (χ0n) is 11.1. The largest absolute Gasteiger partial charge is 0.497 e. The summed E-state index contributed by atoms with van der Waals surface area (Å²) in [5, 5.41) is 9.02. The molecule has 0 radical (unpaired) electrons. The molecule has 1 N–H and O–H groups in total. The van der Waals surface area contributed by atoms with Crippen LogP contribution in [0.15, 0.2) is 16.6 Å². The summed E-state index contributed by atoms with van der Waals surface area (Å²) in [7, 11) is 3.28. The van der Waals surface area contributed by atoms with Gasteiger partial charge in [0, 0.05) is 29.2 Å². The number of methoxy groups -OCH3 is 2. The van der Waals surface area contributed by atoms with Gasteiger partial charge in [-0.1, -0.05) is 22.9 Å². The number of aliphatic hydroxyl groups excluding tert-OH is 1. The van der Waals surface area contributed by atoms with Crippen LogP contribution in [0.2, 0.25) is 0 Å². The maximum atomic E-state index is 9.02. The Balaban J connectivity index is 2.99. The van der Waals surface area contributed by atoms with Crippen molar-refractivity contribution in [2.24, 2.45) is 0 Å². The van der Waals surface area contributed by atoms with E-state index in [1.807, 2.05) is 12.1 Å². The topological polar surface area (TPSA) is 41.9 Å². The molecule has 0 spiro atoms. The highest BCUT2D eigenvalue weighted by Crippen LogP contribution is 2.33. The molecule has 0 aliphatic rings. The molecule has 0 aliphatic heterocycles. The Morgan fingerprint density at radius 1 is 1.28 bits per heavy atom. The van der Waals surface area contributed by atoms with Gasteiger partial charge in [0.15, 0.2) is 0 Å². The van der Waals surface area contributed by atoms with E-state index in [9.17, 15) is 0 Å². The van der Waals surface area contributed by atoms with E-state index in [0.717, 1.165) is 34.6 Å². The van der Waals surface area contributed by atoms with Crippen LogP contribution in [0.1, 0.15) is 12.5 Å². The molecule has 0 aromatic heterocycles. The number of rotatable bonds is 7. The lowest BCUT2D eigenvalue weighted by molar-refractivity contribution is 0.195. The summed E-state index contributed by atoms with van der Waals surface area (Å²) in [6.07, 6.45) is 0. The summed E-state index contributed by atoms with van der Waals surface area (Å²) >= 11 is 3.54. The van der Waals surface area contributed by atoms with Crippen molar-refractivity contribution in [1.29, 1.82) is 0 Å². The maximum Gasteiger partial charge on any atom is 0.128 e. The fourth-order valence-electron chi connectivity index (χ4n) is 1.76. The van der Waals surface area contributed by atoms with Crippen molar-refractivity contribution in [2.75, 3.05) is 33.9 Å². The second-order valence-corrected chi connectivity index (χ2v) is 4.74. The van der Waals surface area contributed by atoms with E-state index in [2.05, 4.69) is 27.8 Å². The molecule has 1 aromatic carbocycles. The Bertz CT molecular complexity index is 385. The van der Waals surface area contributed by atoms with Crippen LogP contribution in [-0.4, -0.2) is 43.9 Å². The molecular formula is C13H20BrNO3. The number of hydrogen-bond acceptors (Lipinski definition) is 4. The molecule has 0 unspecified atom stereocenters. The second kappa shape index (κ2) is 7.61. The molecule has 5 heteroatoms. The van der Waals surface area contributed by atoms with Gasteiger partial charge in [-0.3, -0.25) is 4.90 Å². The van der Waals surface area contributed by atoms with Gasteiger partial charge in [-0.25, -0.2) is 0 Å². The Kier molecular flexibility index (Phi) is 6.46. The highest BCUT2D eigenvalue weighted by atomic mass is 79.9. The highest BCUT2D eigenvalue weighted by Gasteiger charge is 2.13. The molecule has 0 atom stereocenters. The van der Waals surface area contributed by atoms with Crippen molar-refractivity contribution in [3.05, 3.63) is 22.2 Å². The average Bonchev–Trinajstić information content (AvgIpc) is 2.39. The molecule has 1 rings (SSSR count). The molecule has 0 heterocycles. The first-order valence-electron chi connectivity index (χ1n) is 5.89. The van der Waals surface area contributed by atoms with Crippen LogP contribution in [-0.2, 0) is 6.54 Å². The van der Waals surface area contributed by atoms with Gasteiger partial charge < -0.3 is 14.6 Å². The lowest BCUT2D eigenvalue weighted by atomic mass is 10.1. The van der Waals surface area contributed by atoms with Crippen molar-refractivity contribution in [2.45, 2.75) is 13.5 Å². The summed E-state index contributed by atoms with van der Waals surface area (Å²) in [4.78, 5) is 2.15. The maximum absolute atomic E-state index is 9.02. The van der Waals surface area contributed by atoms with E-state index in [1.165, 1.54) is 0 Å². The molecule has 0 aliphatic carbocycles. The molecule has 0 saturated carbocycles. The minimum absolute atomic E-state index is 0.157. The van der Waals surface area contributed by atoms with Crippen molar-refractivity contribution >= 4 is 15.9 Å². The summed E-state index contributed by atoms with van der Waals surface area (Å²) < 4.78 is 11.6.